The Morgan fingerprint density at radius 2 is 2.33 bits per heavy atom. The van der Waals surface area contributed by atoms with Crippen LogP contribution in [0.1, 0.15) is 0 Å². The van der Waals surface area contributed by atoms with E-state index in [1.165, 1.54) is 0 Å². The van der Waals surface area contributed by atoms with Crippen LogP contribution in [0, 0.1) is 0 Å². The van der Waals surface area contributed by atoms with Crippen LogP contribution in [0.25, 0.3) is 0 Å². The first-order chi connectivity index (χ1) is 5.77. The number of benzene rings is 1. The summed E-state index contributed by atoms with van der Waals surface area (Å²) in [4.78, 5) is 0. The number of hydrogen-bond donors (Lipinski definition) is 2. The fourth-order valence-electron chi connectivity index (χ4n) is 0.894. The minimum atomic E-state index is 0.429. The van der Waals surface area contributed by atoms with Crippen molar-refractivity contribution in [2.75, 3.05) is 19.1 Å². The third-order valence-electron chi connectivity index (χ3n) is 1.46. The van der Waals surface area contributed by atoms with Crippen molar-refractivity contribution in [2.24, 2.45) is 5.73 Å². The van der Waals surface area contributed by atoms with Crippen LogP contribution in [-0.2, 0) is 0 Å². The van der Waals surface area contributed by atoms with Gasteiger partial charge in [-0.05, 0) is 34.1 Å². The van der Waals surface area contributed by atoms with E-state index in [1.807, 2.05) is 18.2 Å². The third kappa shape index (κ3) is 2.12. The Balaban J connectivity index is 2.86. The molecular formula is C8H11BrN2O. The van der Waals surface area contributed by atoms with Gasteiger partial charge in [-0.2, -0.15) is 0 Å². The number of nitrogens with two attached hydrogens (primary N) is 1. The maximum atomic E-state index is 5.32. The molecule has 0 saturated heterocycles. The number of anilines is 1. The average Bonchev–Trinajstić information content (AvgIpc) is 2.05. The molecule has 0 saturated carbocycles. The second-order valence-electron chi connectivity index (χ2n) is 2.23. The highest BCUT2D eigenvalue weighted by Gasteiger charge is 1.99. The number of ether oxygens (including phenoxy) is 1. The summed E-state index contributed by atoms with van der Waals surface area (Å²) in [5.74, 6) is 0.817. The minimum absolute atomic E-state index is 0.429. The SMILES string of the molecule is COc1ccc(NCN)cc1Br. The summed E-state index contributed by atoms with van der Waals surface area (Å²) in [7, 11) is 1.64. The highest BCUT2D eigenvalue weighted by Crippen LogP contribution is 2.27. The molecule has 0 fully saturated rings. The van der Waals surface area contributed by atoms with Crippen molar-refractivity contribution in [3.8, 4) is 5.75 Å². The fourth-order valence-corrected chi connectivity index (χ4v) is 1.43. The zero-order valence-corrected chi connectivity index (χ0v) is 8.39. The Labute approximate surface area is 80.0 Å². The largest absolute Gasteiger partial charge is 0.496 e. The molecule has 0 amide bonds. The van der Waals surface area contributed by atoms with E-state index in [0.717, 1.165) is 15.9 Å². The van der Waals surface area contributed by atoms with E-state index in [-0.39, 0.29) is 0 Å². The first kappa shape index (κ1) is 9.35. The summed E-state index contributed by atoms with van der Waals surface area (Å²) >= 11 is 3.37. The second-order valence-corrected chi connectivity index (χ2v) is 3.08. The van der Waals surface area contributed by atoms with Gasteiger partial charge in [-0.25, -0.2) is 0 Å². The number of nitrogens with one attached hydrogen (secondary N) is 1. The molecule has 0 heterocycles. The summed E-state index contributed by atoms with van der Waals surface area (Å²) in [6.45, 7) is 0.429. The Bertz CT molecular complexity index is 265. The minimum Gasteiger partial charge on any atom is -0.496 e. The van der Waals surface area contributed by atoms with E-state index in [2.05, 4.69) is 21.2 Å². The fraction of sp³-hybridized carbons (Fsp3) is 0.250. The van der Waals surface area contributed by atoms with Crippen LogP contribution in [-0.4, -0.2) is 13.8 Å². The van der Waals surface area contributed by atoms with Crippen molar-refractivity contribution < 1.29 is 4.74 Å². The molecule has 4 heteroatoms. The first-order valence-corrected chi connectivity index (χ1v) is 4.34. The van der Waals surface area contributed by atoms with E-state index in [4.69, 9.17) is 10.5 Å². The molecule has 0 unspecified atom stereocenters. The molecule has 1 aromatic carbocycles. The predicted molar refractivity (Wildman–Crippen MR) is 53.4 cm³/mol. The number of halogens is 1. The van der Waals surface area contributed by atoms with Gasteiger partial charge in [0.25, 0.3) is 0 Å². The molecule has 0 radical (unpaired) electrons. The lowest BCUT2D eigenvalue weighted by atomic mass is 10.3. The molecule has 0 atom stereocenters. The highest BCUT2D eigenvalue weighted by molar-refractivity contribution is 9.10. The van der Waals surface area contributed by atoms with Gasteiger partial charge < -0.3 is 15.8 Å². The molecule has 1 aromatic rings. The predicted octanol–water partition coefficient (Wildman–Crippen LogP) is 1.79. The van der Waals surface area contributed by atoms with Gasteiger partial charge in [-0.15, -0.1) is 0 Å². The van der Waals surface area contributed by atoms with E-state index in [1.54, 1.807) is 7.11 Å². The number of methoxy groups -OCH3 is 1. The molecule has 0 spiro atoms. The maximum Gasteiger partial charge on any atom is 0.133 e. The molecular weight excluding hydrogens is 220 g/mol. The molecule has 0 aliphatic rings. The van der Waals surface area contributed by atoms with Crippen molar-refractivity contribution in [2.45, 2.75) is 0 Å². The molecule has 0 bridgehead atoms. The van der Waals surface area contributed by atoms with Crippen molar-refractivity contribution in [3.05, 3.63) is 22.7 Å². The van der Waals surface area contributed by atoms with E-state index < -0.39 is 0 Å². The normalized spacial score (nSPS) is 9.58. The van der Waals surface area contributed by atoms with Crippen LogP contribution in [0.3, 0.4) is 0 Å². The molecule has 1 rings (SSSR count). The standard InChI is InChI=1S/C8H11BrN2O/c1-12-8-3-2-6(11-5-10)4-7(8)9/h2-4,11H,5,10H2,1H3. The molecule has 3 N–H and O–H groups in total. The zero-order chi connectivity index (χ0) is 8.97. The third-order valence-corrected chi connectivity index (χ3v) is 2.08. The molecule has 0 aliphatic carbocycles. The van der Waals surface area contributed by atoms with Crippen LogP contribution >= 0.6 is 15.9 Å². The van der Waals surface area contributed by atoms with Crippen LogP contribution in [0.4, 0.5) is 5.69 Å². The van der Waals surface area contributed by atoms with Gasteiger partial charge >= 0.3 is 0 Å². The summed E-state index contributed by atoms with van der Waals surface area (Å²) in [5.41, 5.74) is 6.30. The Hall–Kier alpha value is -0.740. The topological polar surface area (TPSA) is 47.3 Å². The Morgan fingerprint density at radius 1 is 1.58 bits per heavy atom. The molecule has 0 aromatic heterocycles. The van der Waals surface area contributed by atoms with Gasteiger partial charge in [0.15, 0.2) is 0 Å². The monoisotopic (exact) mass is 230 g/mol. The van der Waals surface area contributed by atoms with Crippen molar-refractivity contribution in [3.63, 3.8) is 0 Å². The maximum absolute atomic E-state index is 5.32. The van der Waals surface area contributed by atoms with Crippen molar-refractivity contribution in [1.29, 1.82) is 0 Å². The summed E-state index contributed by atoms with van der Waals surface area (Å²) in [6, 6.07) is 5.71. The Morgan fingerprint density at radius 3 is 2.83 bits per heavy atom. The van der Waals surface area contributed by atoms with Gasteiger partial charge in [0.05, 0.1) is 18.3 Å². The van der Waals surface area contributed by atoms with Crippen molar-refractivity contribution >= 4 is 21.6 Å². The summed E-state index contributed by atoms with van der Waals surface area (Å²) in [5, 5.41) is 2.99. The van der Waals surface area contributed by atoms with Gasteiger partial charge in [-0.1, -0.05) is 0 Å². The quantitative estimate of drug-likeness (QED) is 0.779. The van der Waals surface area contributed by atoms with Gasteiger partial charge in [-0.3, -0.25) is 0 Å². The molecule has 0 aliphatic heterocycles. The van der Waals surface area contributed by atoms with E-state index in [0.29, 0.717) is 6.67 Å². The lowest BCUT2D eigenvalue weighted by molar-refractivity contribution is 0.412. The lowest BCUT2D eigenvalue weighted by Gasteiger charge is -2.06. The Kier molecular flexibility index (Phi) is 3.37. The lowest BCUT2D eigenvalue weighted by Crippen LogP contribution is -2.10. The van der Waals surface area contributed by atoms with Gasteiger partial charge in [0, 0.05) is 5.69 Å². The zero-order valence-electron chi connectivity index (χ0n) is 6.80. The summed E-state index contributed by atoms with van der Waals surface area (Å²) in [6.07, 6.45) is 0. The molecule has 3 nitrogen and oxygen atoms in total. The average molecular weight is 231 g/mol. The van der Waals surface area contributed by atoms with E-state index in [9.17, 15) is 0 Å². The van der Waals surface area contributed by atoms with Crippen LogP contribution in [0.5, 0.6) is 5.75 Å². The number of rotatable bonds is 3. The molecule has 12 heavy (non-hydrogen) atoms. The van der Waals surface area contributed by atoms with Crippen LogP contribution < -0.4 is 15.8 Å². The highest BCUT2D eigenvalue weighted by atomic mass is 79.9. The molecule has 66 valence electrons. The first-order valence-electron chi connectivity index (χ1n) is 3.55. The van der Waals surface area contributed by atoms with E-state index >= 15 is 0 Å². The smallest absolute Gasteiger partial charge is 0.133 e. The van der Waals surface area contributed by atoms with Crippen LogP contribution in [0.2, 0.25) is 0 Å². The second kappa shape index (κ2) is 4.33. The van der Waals surface area contributed by atoms with Crippen molar-refractivity contribution in [1.82, 2.24) is 0 Å². The summed E-state index contributed by atoms with van der Waals surface area (Å²) < 4.78 is 5.99. The van der Waals surface area contributed by atoms with Crippen LogP contribution in [0.15, 0.2) is 22.7 Å². The van der Waals surface area contributed by atoms with Gasteiger partial charge in [0.1, 0.15) is 5.75 Å². The van der Waals surface area contributed by atoms with Gasteiger partial charge in [0.2, 0.25) is 0 Å². The number of hydrogen-bond acceptors (Lipinski definition) is 3.